The Hall–Kier alpha value is -1.06. The molecule has 1 atom stereocenters. The molecule has 0 saturated carbocycles. The summed E-state index contributed by atoms with van der Waals surface area (Å²) in [6, 6.07) is 0.244. The molecular formula is C27H54N2O2. The largest absolute Gasteiger partial charge is 0.356 e. The molecule has 0 spiro atoms. The van der Waals surface area contributed by atoms with Crippen LogP contribution in [-0.4, -0.2) is 24.4 Å². The van der Waals surface area contributed by atoms with Crippen molar-refractivity contribution in [2.24, 2.45) is 5.92 Å². The molecule has 0 saturated heterocycles. The quantitative estimate of drug-likeness (QED) is 0.174. The monoisotopic (exact) mass is 438 g/mol. The fourth-order valence-electron chi connectivity index (χ4n) is 3.99. The van der Waals surface area contributed by atoms with E-state index < -0.39 is 0 Å². The van der Waals surface area contributed by atoms with Crippen LogP contribution in [-0.2, 0) is 9.59 Å². The number of amides is 2. The second kappa shape index (κ2) is 22.1. The van der Waals surface area contributed by atoms with Crippen molar-refractivity contribution in [3.63, 3.8) is 0 Å². The summed E-state index contributed by atoms with van der Waals surface area (Å²) in [4.78, 5) is 23.6. The molecule has 0 aliphatic carbocycles. The van der Waals surface area contributed by atoms with Crippen molar-refractivity contribution in [3.05, 3.63) is 0 Å². The van der Waals surface area contributed by atoms with Gasteiger partial charge in [0.25, 0.3) is 0 Å². The molecule has 0 bridgehead atoms. The van der Waals surface area contributed by atoms with Gasteiger partial charge in [-0.15, -0.1) is 0 Å². The molecule has 0 aromatic rings. The number of hydrogen-bond acceptors (Lipinski definition) is 2. The van der Waals surface area contributed by atoms with E-state index in [1.165, 1.54) is 77.0 Å². The second-order valence-electron chi connectivity index (χ2n) is 9.61. The maximum absolute atomic E-state index is 12.0. The molecule has 2 N–H and O–H groups in total. The van der Waals surface area contributed by atoms with E-state index in [1.807, 2.05) is 6.92 Å². The summed E-state index contributed by atoms with van der Waals surface area (Å²) in [6.45, 7) is 9.22. The number of carbonyl (C=O) groups is 2. The SMILES string of the molecule is CCCCCCCCCCCCCCCC(=O)NCCCC[C@H](NC(=O)CC)C(C)C. The molecule has 0 rings (SSSR count). The Kier molecular flexibility index (Phi) is 21.4. The van der Waals surface area contributed by atoms with Crippen molar-refractivity contribution in [2.75, 3.05) is 6.54 Å². The number of carbonyl (C=O) groups excluding carboxylic acids is 2. The van der Waals surface area contributed by atoms with E-state index in [-0.39, 0.29) is 17.9 Å². The highest BCUT2D eigenvalue weighted by Gasteiger charge is 2.14. The van der Waals surface area contributed by atoms with Crippen LogP contribution in [0.5, 0.6) is 0 Å². The minimum Gasteiger partial charge on any atom is -0.356 e. The maximum atomic E-state index is 12.0. The summed E-state index contributed by atoms with van der Waals surface area (Å²) in [5.74, 6) is 0.771. The van der Waals surface area contributed by atoms with Crippen LogP contribution in [0.4, 0.5) is 0 Å². The Balaban J connectivity index is 3.44. The van der Waals surface area contributed by atoms with Gasteiger partial charge in [0.05, 0.1) is 0 Å². The average molecular weight is 439 g/mol. The highest BCUT2D eigenvalue weighted by molar-refractivity contribution is 5.76. The summed E-state index contributed by atoms with van der Waals surface area (Å²) < 4.78 is 0. The van der Waals surface area contributed by atoms with E-state index in [0.29, 0.717) is 18.8 Å². The Morgan fingerprint density at radius 2 is 1.16 bits per heavy atom. The fourth-order valence-corrected chi connectivity index (χ4v) is 3.99. The number of nitrogens with one attached hydrogen (secondary N) is 2. The van der Waals surface area contributed by atoms with Crippen LogP contribution in [0.25, 0.3) is 0 Å². The second-order valence-corrected chi connectivity index (χ2v) is 9.61. The molecule has 0 fully saturated rings. The van der Waals surface area contributed by atoms with Crippen molar-refractivity contribution in [1.29, 1.82) is 0 Å². The van der Waals surface area contributed by atoms with Gasteiger partial charge in [0, 0.05) is 25.4 Å². The van der Waals surface area contributed by atoms with Gasteiger partial charge < -0.3 is 10.6 Å². The summed E-state index contributed by atoms with van der Waals surface area (Å²) in [5.41, 5.74) is 0. The highest BCUT2D eigenvalue weighted by atomic mass is 16.2. The minimum absolute atomic E-state index is 0.129. The third kappa shape index (κ3) is 20.6. The van der Waals surface area contributed by atoms with Crippen LogP contribution < -0.4 is 10.6 Å². The topological polar surface area (TPSA) is 58.2 Å². The molecule has 0 aliphatic rings. The van der Waals surface area contributed by atoms with E-state index in [1.54, 1.807) is 0 Å². The van der Waals surface area contributed by atoms with Gasteiger partial charge in [-0.1, -0.05) is 105 Å². The van der Waals surface area contributed by atoms with Gasteiger partial charge in [-0.2, -0.15) is 0 Å². The Bertz CT molecular complexity index is 423. The smallest absolute Gasteiger partial charge is 0.219 e. The summed E-state index contributed by atoms with van der Waals surface area (Å²) in [7, 11) is 0. The molecule has 4 nitrogen and oxygen atoms in total. The zero-order valence-electron chi connectivity index (χ0n) is 21.4. The third-order valence-electron chi connectivity index (χ3n) is 6.24. The van der Waals surface area contributed by atoms with E-state index in [4.69, 9.17) is 0 Å². The lowest BCUT2D eigenvalue weighted by Gasteiger charge is -2.22. The van der Waals surface area contributed by atoms with Gasteiger partial charge in [0.1, 0.15) is 0 Å². The van der Waals surface area contributed by atoms with Gasteiger partial charge in [-0.05, 0) is 31.6 Å². The highest BCUT2D eigenvalue weighted by Crippen LogP contribution is 2.13. The summed E-state index contributed by atoms with van der Waals surface area (Å²) >= 11 is 0. The van der Waals surface area contributed by atoms with E-state index in [2.05, 4.69) is 31.4 Å². The predicted molar refractivity (Wildman–Crippen MR) is 134 cm³/mol. The molecule has 4 heteroatoms. The first-order chi connectivity index (χ1) is 15.0. The zero-order chi connectivity index (χ0) is 23.2. The number of rotatable bonds is 22. The molecule has 184 valence electrons. The molecule has 0 heterocycles. The summed E-state index contributed by atoms with van der Waals surface area (Å²) in [5, 5.41) is 6.16. The molecule has 0 unspecified atom stereocenters. The van der Waals surface area contributed by atoms with Crippen molar-refractivity contribution >= 4 is 11.8 Å². The summed E-state index contributed by atoms with van der Waals surface area (Å²) in [6.07, 6.45) is 21.5. The Labute approximate surface area is 194 Å². The Morgan fingerprint density at radius 3 is 1.65 bits per heavy atom. The maximum Gasteiger partial charge on any atom is 0.219 e. The van der Waals surface area contributed by atoms with E-state index >= 15 is 0 Å². The lowest BCUT2D eigenvalue weighted by atomic mass is 9.98. The van der Waals surface area contributed by atoms with Crippen LogP contribution in [0.2, 0.25) is 0 Å². The lowest BCUT2D eigenvalue weighted by molar-refractivity contribution is -0.122. The third-order valence-corrected chi connectivity index (χ3v) is 6.24. The Morgan fingerprint density at radius 1 is 0.645 bits per heavy atom. The first kappa shape index (κ1) is 29.9. The van der Waals surface area contributed by atoms with Gasteiger partial charge in [0.15, 0.2) is 0 Å². The van der Waals surface area contributed by atoms with Gasteiger partial charge in [-0.25, -0.2) is 0 Å². The van der Waals surface area contributed by atoms with E-state index in [0.717, 1.165) is 32.2 Å². The van der Waals surface area contributed by atoms with Gasteiger partial charge in [-0.3, -0.25) is 9.59 Å². The lowest BCUT2D eigenvalue weighted by Crippen LogP contribution is -2.38. The van der Waals surface area contributed by atoms with Gasteiger partial charge >= 0.3 is 0 Å². The molecule has 0 aromatic heterocycles. The first-order valence-electron chi connectivity index (χ1n) is 13.6. The van der Waals surface area contributed by atoms with Crippen molar-refractivity contribution in [3.8, 4) is 0 Å². The molecule has 0 aliphatic heterocycles. The first-order valence-corrected chi connectivity index (χ1v) is 13.6. The van der Waals surface area contributed by atoms with E-state index in [9.17, 15) is 9.59 Å². The number of hydrogen-bond donors (Lipinski definition) is 2. The van der Waals surface area contributed by atoms with Crippen LogP contribution >= 0.6 is 0 Å². The van der Waals surface area contributed by atoms with Crippen LogP contribution in [0.1, 0.15) is 143 Å². The van der Waals surface area contributed by atoms with Crippen LogP contribution in [0.15, 0.2) is 0 Å². The molecule has 31 heavy (non-hydrogen) atoms. The predicted octanol–water partition coefficient (Wildman–Crippen LogP) is 7.31. The average Bonchev–Trinajstić information content (AvgIpc) is 2.75. The van der Waals surface area contributed by atoms with Crippen LogP contribution in [0, 0.1) is 5.92 Å². The van der Waals surface area contributed by atoms with Gasteiger partial charge in [0.2, 0.25) is 11.8 Å². The van der Waals surface area contributed by atoms with Crippen LogP contribution in [0.3, 0.4) is 0 Å². The zero-order valence-corrected chi connectivity index (χ0v) is 21.4. The normalized spacial score (nSPS) is 12.2. The molecular weight excluding hydrogens is 384 g/mol. The minimum atomic E-state index is 0.129. The molecule has 2 amide bonds. The molecule has 0 aromatic carbocycles. The standard InChI is InChI=1S/C27H54N2O2/c1-5-7-8-9-10-11-12-13-14-15-16-17-18-22-27(31)28-23-20-19-21-25(24(3)4)29-26(30)6-2/h24-25H,5-23H2,1-4H3,(H,28,31)(H,29,30)/t25-/m0/s1. The van der Waals surface area contributed by atoms with Crippen molar-refractivity contribution in [1.82, 2.24) is 10.6 Å². The van der Waals surface area contributed by atoms with Crippen molar-refractivity contribution in [2.45, 2.75) is 149 Å². The van der Waals surface area contributed by atoms with Crippen molar-refractivity contribution < 1.29 is 9.59 Å². The fraction of sp³-hybridized carbons (Fsp3) is 0.926. The molecule has 0 radical (unpaired) electrons. The number of unbranched alkanes of at least 4 members (excludes halogenated alkanes) is 13.